The number of alkyl halides is 4. The number of ether oxygens (including phenoxy) is 3. The molecule has 0 unspecified atom stereocenters. The van der Waals surface area contributed by atoms with E-state index in [1.54, 1.807) is 24.3 Å². The Morgan fingerprint density at radius 1 is 1.07 bits per heavy atom. The van der Waals surface area contributed by atoms with E-state index in [4.69, 9.17) is 10.00 Å². The molecule has 0 aliphatic rings. The van der Waals surface area contributed by atoms with Crippen molar-refractivity contribution in [2.24, 2.45) is 0 Å². The van der Waals surface area contributed by atoms with Crippen LogP contribution in [0.5, 0.6) is 11.5 Å². The molecule has 0 saturated heterocycles. The van der Waals surface area contributed by atoms with Crippen molar-refractivity contribution in [1.29, 1.82) is 5.26 Å². The summed E-state index contributed by atoms with van der Waals surface area (Å²) in [4.78, 5) is 11.8. The zero-order valence-corrected chi connectivity index (χ0v) is 14.2. The van der Waals surface area contributed by atoms with Gasteiger partial charge in [0.1, 0.15) is 18.1 Å². The Balaban J connectivity index is 2.09. The summed E-state index contributed by atoms with van der Waals surface area (Å²) in [6, 6.07) is 11.6. The molecule has 0 aliphatic carbocycles. The Kier molecular flexibility index (Phi) is 7.39. The average Bonchev–Trinajstić information content (AvgIpc) is 2.65. The third-order valence-corrected chi connectivity index (χ3v) is 3.33. The molecule has 0 fully saturated rings. The maximum Gasteiger partial charge on any atom is 0.387 e. The van der Waals surface area contributed by atoms with Crippen molar-refractivity contribution in [1.82, 2.24) is 0 Å². The lowest BCUT2D eigenvalue weighted by atomic mass is 10.1. The highest BCUT2D eigenvalue weighted by atomic mass is 19.3. The highest BCUT2D eigenvalue weighted by Gasteiger charge is 2.12. The average molecular weight is 395 g/mol. The Morgan fingerprint density at radius 2 is 1.79 bits per heavy atom. The minimum Gasteiger partial charge on any atom is -0.458 e. The van der Waals surface area contributed by atoms with Gasteiger partial charge in [0.2, 0.25) is 0 Å². The van der Waals surface area contributed by atoms with Crippen LogP contribution in [0.25, 0.3) is 6.08 Å². The first-order valence-electron chi connectivity index (χ1n) is 7.75. The highest BCUT2D eigenvalue weighted by molar-refractivity contribution is 5.87. The van der Waals surface area contributed by atoms with Gasteiger partial charge in [0.25, 0.3) is 0 Å². The molecule has 2 aromatic rings. The van der Waals surface area contributed by atoms with E-state index in [9.17, 15) is 22.4 Å². The number of benzene rings is 2. The molecule has 9 heteroatoms. The van der Waals surface area contributed by atoms with Gasteiger partial charge in [-0.25, -0.2) is 4.79 Å². The molecule has 0 heterocycles. The summed E-state index contributed by atoms with van der Waals surface area (Å²) in [5.74, 6) is -1.63. The van der Waals surface area contributed by atoms with Gasteiger partial charge in [-0.15, -0.1) is 0 Å². The van der Waals surface area contributed by atoms with Gasteiger partial charge in [-0.3, -0.25) is 0 Å². The maximum absolute atomic E-state index is 12.5. The van der Waals surface area contributed by atoms with Gasteiger partial charge in [-0.1, -0.05) is 18.2 Å². The molecule has 0 saturated carbocycles. The zero-order valence-electron chi connectivity index (χ0n) is 14.2. The van der Waals surface area contributed by atoms with Crippen molar-refractivity contribution < 1.29 is 36.6 Å². The molecule has 0 N–H and O–H groups in total. The van der Waals surface area contributed by atoms with Crippen LogP contribution in [0.4, 0.5) is 17.6 Å². The van der Waals surface area contributed by atoms with E-state index < -0.39 is 24.9 Å². The summed E-state index contributed by atoms with van der Waals surface area (Å²) >= 11 is 0. The fourth-order valence-corrected chi connectivity index (χ4v) is 2.14. The largest absolute Gasteiger partial charge is 0.458 e. The fraction of sp³-hybridized carbons (Fsp3) is 0.158. The van der Waals surface area contributed by atoms with Crippen LogP contribution in [0.3, 0.4) is 0 Å². The number of esters is 1. The lowest BCUT2D eigenvalue weighted by Gasteiger charge is -2.11. The van der Waals surface area contributed by atoms with Gasteiger partial charge >= 0.3 is 19.2 Å². The summed E-state index contributed by atoms with van der Waals surface area (Å²) < 4.78 is 62.9. The fourth-order valence-electron chi connectivity index (χ4n) is 2.14. The van der Waals surface area contributed by atoms with Crippen molar-refractivity contribution in [3.05, 3.63) is 65.2 Å². The van der Waals surface area contributed by atoms with E-state index in [-0.39, 0.29) is 17.9 Å². The Bertz CT molecular complexity index is 894. The molecule has 0 bridgehead atoms. The summed E-state index contributed by atoms with van der Waals surface area (Å²) in [5.41, 5.74) is 0.875. The number of hydrogen-bond acceptors (Lipinski definition) is 5. The minimum absolute atomic E-state index is 0.0243. The second-order valence-electron chi connectivity index (χ2n) is 5.17. The molecule has 0 aliphatic heterocycles. The van der Waals surface area contributed by atoms with E-state index in [2.05, 4.69) is 9.47 Å². The monoisotopic (exact) mass is 395 g/mol. The van der Waals surface area contributed by atoms with Gasteiger partial charge in [-0.2, -0.15) is 22.8 Å². The van der Waals surface area contributed by atoms with Crippen LogP contribution < -0.4 is 9.47 Å². The van der Waals surface area contributed by atoms with Crippen LogP contribution in [0, 0.1) is 11.3 Å². The molecule has 0 amide bonds. The quantitative estimate of drug-likeness (QED) is 0.374. The maximum atomic E-state index is 12.5. The molecule has 146 valence electrons. The standard InChI is InChI=1S/C19H13F4NO4/c20-18(21)27-15-7-5-12(16(9-15)28-19(22)23)6-8-17(25)26-11-14-4-2-1-3-13(14)10-24/h1-9,18-19H,11H2/b8-6+. The van der Waals surface area contributed by atoms with E-state index >= 15 is 0 Å². The molecule has 0 aromatic heterocycles. The predicted molar refractivity (Wildman–Crippen MR) is 89.7 cm³/mol. The SMILES string of the molecule is N#Cc1ccccc1COC(=O)/C=C/c1ccc(OC(F)F)cc1OC(F)F. The molecule has 0 atom stereocenters. The number of carbonyl (C=O) groups excluding carboxylic acids is 1. The summed E-state index contributed by atoms with van der Waals surface area (Å²) in [6.45, 7) is -6.50. The van der Waals surface area contributed by atoms with E-state index in [0.29, 0.717) is 11.1 Å². The number of nitrogens with zero attached hydrogens (tertiary/aromatic N) is 1. The van der Waals surface area contributed by atoms with E-state index in [0.717, 1.165) is 24.3 Å². The van der Waals surface area contributed by atoms with Gasteiger partial charge in [0.05, 0.1) is 11.6 Å². The van der Waals surface area contributed by atoms with Crippen molar-refractivity contribution in [3.8, 4) is 17.6 Å². The summed E-state index contributed by atoms with van der Waals surface area (Å²) in [5, 5.41) is 8.98. The lowest BCUT2D eigenvalue weighted by Crippen LogP contribution is -2.06. The second-order valence-corrected chi connectivity index (χ2v) is 5.17. The number of rotatable bonds is 8. The topological polar surface area (TPSA) is 68.5 Å². The number of hydrogen-bond donors (Lipinski definition) is 0. The first-order chi connectivity index (χ1) is 13.4. The molecular weight excluding hydrogens is 382 g/mol. The Labute approximate surface area is 157 Å². The number of carbonyl (C=O) groups is 1. The van der Waals surface area contributed by atoms with Crippen LogP contribution in [0.1, 0.15) is 16.7 Å². The minimum atomic E-state index is -3.21. The van der Waals surface area contributed by atoms with Crippen LogP contribution in [0.15, 0.2) is 48.5 Å². The molecular formula is C19H13F4NO4. The van der Waals surface area contributed by atoms with Gasteiger partial charge in [-0.05, 0) is 24.3 Å². The van der Waals surface area contributed by atoms with Crippen LogP contribution in [-0.2, 0) is 16.1 Å². The molecule has 2 aromatic carbocycles. The van der Waals surface area contributed by atoms with Crippen molar-refractivity contribution >= 4 is 12.0 Å². The number of nitriles is 1. The first kappa shape index (κ1) is 20.8. The number of halogens is 4. The van der Waals surface area contributed by atoms with E-state index in [1.807, 2.05) is 6.07 Å². The van der Waals surface area contributed by atoms with Gasteiger partial charge in [0.15, 0.2) is 0 Å². The zero-order chi connectivity index (χ0) is 20.5. The third-order valence-electron chi connectivity index (χ3n) is 3.33. The van der Waals surface area contributed by atoms with E-state index in [1.165, 1.54) is 6.07 Å². The summed E-state index contributed by atoms with van der Waals surface area (Å²) in [6.07, 6.45) is 2.08. The van der Waals surface area contributed by atoms with Crippen LogP contribution in [0.2, 0.25) is 0 Å². The molecule has 28 heavy (non-hydrogen) atoms. The van der Waals surface area contributed by atoms with Crippen LogP contribution >= 0.6 is 0 Å². The van der Waals surface area contributed by atoms with Crippen molar-refractivity contribution in [3.63, 3.8) is 0 Å². The molecule has 0 spiro atoms. The van der Waals surface area contributed by atoms with Gasteiger partial charge in [0, 0.05) is 23.3 Å². The summed E-state index contributed by atoms with van der Waals surface area (Å²) in [7, 11) is 0. The smallest absolute Gasteiger partial charge is 0.387 e. The first-order valence-corrected chi connectivity index (χ1v) is 7.75. The van der Waals surface area contributed by atoms with Crippen molar-refractivity contribution in [2.45, 2.75) is 19.8 Å². The Morgan fingerprint density at radius 3 is 2.46 bits per heavy atom. The van der Waals surface area contributed by atoms with Gasteiger partial charge < -0.3 is 14.2 Å². The molecule has 2 rings (SSSR count). The third kappa shape index (κ3) is 6.32. The lowest BCUT2D eigenvalue weighted by molar-refractivity contribution is -0.138. The molecule has 0 radical (unpaired) electrons. The highest BCUT2D eigenvalue weighted by Crippen LogP contribution is 2.28. The molecule has 5 nitrogen and oxygen atoms in total. The van der Waals surface area contributed by atoms with Crippen molar-refractivity contribution in [2.75, 3.05) is 0 Å². The Hall–Kier alpha value is -3.54. The van der Waals surface area contributed by atoms with Crippen LogP contribution in [-0.4, -0.2) is 19.2 Å². The normalized spacial score (nSPS) is 10.9. The predicted octanol–water partition coefficient (Wildman–Crippen LogP) is 4.52. The second kappa shape index (κ2) is 9.97.